The zero-order valence-electron chi connectivity index (χ0n) is 16.1. The van der Waals surface area contributed by atoms with Gasteiger partial charge in [0.15, 0.2) is 0 Å². The van der Waals surface area contributed by atoms with E-state index >= 15 is 0 Å². The lowest BCUT2D eigenvalue weighted by molar-refractivity contribution is -0.150. The Morgan fingerprint density at radius 2 is 2.00 bits per heavy atom. The van der Waals surface area contributed by atoms with Gasteiger partial charge < -0.3 is 30.7 Å². The van der Waals surface area contributed by atoms with Crippen molar-refractivity contribution in [1.82, 2.24) is 15.5 Å². The number of carboxylic acid groups (broad SMARTS) is 2. The van der Waals surface area contributed by atoms with Crippen molar-refractivity contribution in [3.63, 3.8) is 0 Å². The molecular formula is C17H23N3O9S. The van der Waals surface area contributed by atoms with E-state index in [9.17, 15) is 34.2 Å². The molecule has 2 unspecified atom stereocenters. The van der Waals surface area contributed by atoms with E-state index in [1.54, 1.807) is 6.92 Å². The number of ether oxygens (including phenoxy) is 1. The molecule has 0 radical (unpaired) electrons. The lowest BCUT2D eigenvalue weighted by Crippen LogP contribution is -2.70. The summed E-state index contributed by atoms with van der Waals surface area (Å²) in [5, 5.41) is 31.9. The second-order valence-corrected chi connectivity index (χ2v) is 7.62. The Kier molecular flexibility index (Phi) is 8.06. The van der Waals surface area contributed by atoms with Gasteiger partial charge in [-0.1, -0.05) is 0 Å². The monoisotopic (exact) mass is 445 g/mol. The molecule has 3 amide bonds. The third-order valence-corrected chi connectivity index (χ3v) is 5.86. The minimum absolute atomic E-state index is 0.0176. The molecule has 0 saturated carbocycles. The average Bonchev–Trinajstić information content (AvgIpc) is 2.69. The van der Waals surface area contributed by atoms with Crippen molar-refractivity contribution >= 4 is 41.6 Å². The molecule has 0 aromatic carbocycles. The van der Waals surface area contributed by atoms with E-state index in [1.807, 2.05) is 0 Å². The van der Waals surface area contributed by atoms with Gasteiger partial charge in [-0.05, 0) is 25.3 Å². The normalized spacial score (nSPS) is 21.3. The van der Waals surface area contributed by atoms with Gasteiger partial charge in [-0.25, -0.2) is 14.4 Å². The molecule has 1 fully saturated rings. The van der Waals surface area contributed by atoms with Crippen LogP contribution in [0.15, 0.2) is 11.3 Å². The molecule has 0 bridgehead atoms. The Hall–Kier alpha value is -2.80. The van der Waals surface area contributed by atoms with Crippen LogP contribution in [-0.2, 0) is 23.9 Å². The van der Waals surface area contributed by atoms with Crippen LogP contribution in [-0.4, -0.2) is 86.5 Å². The molecular weight excluding hydrogens is 422 g/mol. The first kappa shape index (κ1) is 23.5. The Labute approximate surface area is 175 Å². The molecule has 3 atom stereocenters. The van der Waals surface area contributed by atoms with E-state index in [2.05, 4.69) is 15.4 Å². The van der Waals surface area contributed by atoms with Crippen LogP contribution in [0.4, 0.5) is 4.79 Å². The zero-order chi connectivity index (χ0) is 22.4. The molecule has 2 aliphatic heterocycles. The minimum atomic E-state index is -1.32. The summed E-state index contributed by atoms with van der Waals surface area (Å²) in [6.07, 6.45) is -0.838. The molecule has 13 heteroatoms. The number of aliphatic hydroxyl groups is 1. The standard InChI is InChI=1S/C17H23N3O9S/c1-2-29-17(28)18-9(15(24)25)4-3-5-10(22)19-11-13(23)20-12(16(26)27)8(6-21)7-30-14(11)20/h9,11,14,21H,2-7H2,1H3,(H,18,28)(H,19,22)(H,24,25)(H,26,27)/t9?,11?,14-/m0/s1. The van der Waals surface area contributed by atoms with Gasteiger partial charge in [0, 0.05) is 12.2 Å². The van der Waals surface area contributed by atoms with Gasteiger partial charge >= 0.3 is 18.0 Å². The fourth-order valence-corrected chi connectivity index (χ4v) is 4.42. The van der Waals surface area contributed by atoms with Gasteiger partial charge in [0.2, 0.25) is 5.91 Å². The maximum atomic E-state index is 12.3. The largest absolute Gasteiger partial charge is 0.480 e. The second-order valence-electron chi connectivity index (χ2n) is 6.52. The first-order chi connectivity index (χ1) is 14.2. The van der Waals surface area contributed by atoms with E-state index in [0.29, 0.717) is 0 Å². The number of carboxylic acids is 2. The van der Waals surface area contributed by atoms with Crippen molar-refractivity contribution < 1.29 is 44.0 Å². The zero-order valence-corrected chi connectivity index (χ0v) is 16.9. The van der Waals surface area contributed by atoms with E-state index in [4.69, 9.17) is 5.11 Å². The summed E-state index contributed by atoms with van der Waals surface area (Å²) in [5.41, 5.74) is -0.0261. The maximum absolute atomic E-state index is 12.3. The average molecular weight is 445 g/mol. The van der Waals surface area contributed by atoms with Crippen molar-refractivity contribution in [3.05, 3.63) is 11.3 Å². The Balaban J connectivity index is 1.86. The van der Waals surface area contributed by atoms with Gasteiger partial charge in [0.25, 0.3) is 5.91 Å². The molecule has 0 aromatic rings. The fraction of sp³-hybridized carbons (Fsp3) is 0.588. The number of rotatable bonds is 10. The maximum Gasteiger partial charge on any atom is 0.407 e. The smallest absolute Gasteiger partial charge is 0.407 e. The number of thioether (sulfide) groups is 1. The van der Waals surface area contributed by atoms with Crippen LogP contribution in [0.3, 0.4) is 0 Å². The third-order valence-electron chi connectivity index (χ3n) is 4.52. The number of β-lactam (4-membered cyclic amide) rings is 1. The van der Waals surface area contributed by atoms with Crippen LogP contribution < -0.4 is 10.6 Å². The number of carbonyl (C=O) groups excluding carboxylic acids is 3. The third kappa shape index (κ3) is 5.21. The van der Waals surface area contributed by atoms with Gasteiger partial charge in [-0.15, -0.1) is 11.8 Å². The van der Waals surface area contributed by atoms with E-state index in [1.165, 1.54) is 11.8 Å². The van der Waals surface area contributed by atoms with Crippen molar-refractivity contribution in [1.29, 1.82) is 0 Å². The van der Waals surface area contributed by atoms with Crippen molar-refractivity contribution in [2.24, 2.45) is 0 Å². The van der Waals surface area contributed by atoms with E-state index < -0.39 is 53.9 Å². The summed E-state index contributed by atoms with van der Waals surface area (Å²) in [6, 6.07) is -2.11. The molecule has 166 valence electrons. The number of carbonyl (C=O) groups is 5. The number of nitrogens with one attached hydrogen (secondary N) is 2. The molecule has 2 aliphatic rings. The number of hydrogen-bond donors (Lipinski definition) is 5. The van der Waals surface area contributed by atoms with Crippen molar-refractivity contribution in [2.45, 2.75) is 43.6 Å². The minimum Gasteiger partial charge on any atom is -0.480 e. The summed E-state index contributed by atoms with van der Waals surface area (Å²) in [5.74, 6) is -3.45. The summed E-state index contributed by atoms with van der Waals surface area (Å²) in [4.78, 5) is 59.5. The fourth-order valence-electron chi connectivity index (χ4n) is 3.09. The molecule has 2 rings (SSSR count). The van der Waals surface area contributed by atoms with Crippen LogP contribution in [0.25, 0.3) is 0 Å². The Morgan fingerprint density at radius 1 is 1.30 bits per heavy atom. The van der Waals surface area contributed by atoms with Crippen molar-refractivity contribution in [2.75, 3.05) is 19.0 Å². The second kappa shape index (κ2) is 10.3. The highest BCUT2D eigenvalue weighted by molar-refractivity contribution is 8.00. The van der Waals surface area contributed by atoms with Gasteiger partial charge in [0.05, 0.1) is 13.2 Å². The summed E-state index contributed by atoms with van der Waals surface area (Å²) < 4.78 is 4.63. The molecule has 5 N–H and O–H groups in total. The predicted octanol–water partition coefficient (Wildman–Crippen LogP) is -0.913. The highest BCUT2D eigenvalue weighted by Crippen LogP contribution is 2.40. The molecule has 0 spiro atoms. The molecule has 12 nitrogen and oxygen atoms in total. The van der Waals surface area contributed by atoms with E-state index in [-0.39, 0.29) is 42.9 Å². The van der Waals surface area contributed by atoms with Crippen LogP contribution >= 0.6 is 11.8 Å². The lowest BCUT2D eigenvalue weighted by atomic mass is 10.0. The Morgan fingerprint density at radius 3 is 2.57 bits per heavy atom. The van der Waals surface area contributed by atoms with Gasteiger partial charge in [-0.3, -0.25) is 14.5 Å². The first-order valence-electron chi connectivity index (χ1n) is 9.17. The van der Waals surface area contributed by atoms with Crippen LogP contribution in [0, 0.1) is 0 Å². The first-order valence-corrected chi connectivity index (χ1v) is 10.2. The number of amides is 3. The highest BCUT2D eigenvalue weighted by Gasteiger charge is 2.54. The van der Waals surface area contributed by atoms with Gasteiger partial charge in [-0.2, -0.15) is 0 Å². The number of nitrogens with zero attached hydrogens (tertiary/aromatic N) is 1. The predicted molar refractivity (Wildman–Crippen MR) is 102 cm³/mol. The molecule has 1 saturated heterocycles. The molecule has 2 heterocycles. The SMILES string of the molecule is CCOC(=O)NC(CCCC(=O)NC1C(=O)N2C(C(=O)O)=C(CO)CS[C@@H]12)C(=O)O. The highest BCUT2D eigenvalue weighted by atomic mass is 32.2. The van der Waals surface area contributed by atoms with Crippen molar-refractivity contribution in [3.8, 4) is 0 Å². The van der Waals surface area contributed by atoms with Crippen LogP contribution in [0.5, 0.6) is 0 Å². The summed E-state index contributed by atoms with van der Waals surface area (Å²) in [6.45, 7) is 1.19. The number of fused-ring (bicyclic) bond motifs is 1. The Bertz CT molecular complexity index is 770. The molecule has 0 aliphatic carbocycles. The molecule has 30 heavy (non-hydrogen) atoms. The number of alkyl carbamates (subject to hydrolysis) is 1. The topological polar surface area (TPSA) is 183 Å². The quantitative estimate of drug-likeness (QED) is 0.264. The summed E-state index contributed by atoms with van der Waals surface area (Å²) in [7, 11) is 0. The number of aliphatic hydroxyl groups excluding tert-OH is 1. The number of aliphatic carboxylic acids is 2. The summed E-state index contributed by atoms with van der Waals surface area (Å²) >= 11 is 1.23. The van der Waals surface area contributed by atoms with Crippen LogP contribution in [0.2, 0.25) is 0 Å². The van der Waals surface area contributed by atoms with Crippen LogP contribution in [0.1, 0.15) is 26.2 Å². The number of hydrogen-bond acceptors (Lipinski definition) is 8. The molecule has 0 aromatic heterocycles. The lowest BCUT2D eigenvalue weighted by Gasteiger charge is -2.49. The van der Waals surface area contributed by atoms with Gasteiger partial charge in [0.1, 0.15) is 23.2 Å². The van der Waals surface area contributed by atoms with E-state index in [0.717, 1.165) is 4.90 Å².